The van der Waals surface area contributed by atoms with E-state index in [1.54, 1.807) is 0 Å². The Morgan fingerprint density at radius 2 is 2.06 bits per heavy atom. The molecular formula is C13H8BrClN2. The van der Waals surface area contributed by atoms with E-state index in [0.29, 0.717) is 5.02 Å². The molecule has 0 unspecified atom stereocenters. The number of imidazole rings is 1. The first-order valence-electron chi connectivity index (χ1n) is 5.13. The van der Waals surface area contributed by atoms with Gasteiger partial charge in [0.05, 0.1) is 11.7 Å². The van der Waals surface area contributed by atoms with Gasteiger partial charge in [-0.05, 0) is 40.2 Å². The Bertz CT molecular complexity index is 691. The number of hydrogen-bond donors (Lipinski definition) is 0. The van der Waals surface area contributed by atoms with E-state index in [-0.39, 0.29) is 0 Å². The molecule has 0 radical (unpaired) electrons. The minimum Gasteiger partial charge on any atom is -0.299 e. The molecular weight excluding hydrogens is 300 g/mol. The molecule has 0 N–H and O–H groups in total. The first kappa shape index (κ1) is 10.8. The standard InChI is InChI=1S/C13H8BrClN2/c14-11-5-2-6-17-12(11)8-16-13(17)9-3-1-4-10(15)7-9/h1-8H. The van der Waals surface area contributed by atoms with E-state index in [1.807, 2.05) is 53.2 Å². The number of nitrogens with zero attached hydrogens (tertiary/aromatic N) is 2. The van der Waals surface area contributed by atoms with Crippen molar-refractivity contribution >= 4 is 33.0 Å². The second-order valence-corrected chi connectivity index (χ2v) is 4.99. The third kappa shape index (κ3) is 1.85. The van der Waals surface area contributed by atoms with Crippen molar-refractivity contribution in [1.82, 2.24) is 9.38 Å². The van der Waals surface area contributed by atoms with Crippen LogP contribution in [-0.4, -0.2) is 9.38 Å². The van der Waals surface area contributed by atoms with Gasteiger partial charge in [-0.15, -0.1) is 0 Å². The van der Waals surface area contributed by atoms with Crippen molar-refractivity contribution in [3.8, 4) is 11.4 Å². The predicted octanol–water partition coefficient (Wildman–Crippen LogP) is 4.42. The maximum absolute atomic E-state index is 6.00. The van der Waals surface area contributed by atoms with Crippen molar-refractivity contribution in [2.75, 3.05) is 0 Å². The van der Waals surface area contributed by atoms with Crippen LogP contribution in [0.5, 0.6) is 0 Å². The van der Waals surface area contributed by atoms with Crippen molar-refractivity contribution in [1.29, 1.82) is 0 Å². The second kappa shape index (κ2) is 4.17. The minimum atomic E-state index is 0.717. The van der Waals surface area contributed by atoms with Crippen LogP contribution < -0.4 is 0 Å². The topological polar surface area (TPSA) is 17.3 Å². The molecule has 0 aliphatic heterocycles. The summed E-state index contributed by atoms with van der Waals surface area (Å²) in [7, 11) is 0. The Morgan fingerprint density at radius 3 is 2.88 bits per heavy atom. The SMILES string of the molecule is Clc1cccc(-c2ncc3c(Br)cccn23)c1. The van der Waals surface area contributed by atoms with Crippen molar-refractivity contribution < 1.29 is 0 Å². The highest BCUT2D eigenvalue weighted by atomic mass is 79.9. The fraction of sp³-hybridized carbons (Fsp3) is 0. The number of hydrogen-bond acceptors (Lipinski definition) is 1. The molecule has 0 saturated heterocycles. The lowest BCUT2D eigenvalue weighted by Gasteiger charge is -2.02. The zero-order valence-corrected chi connectivity index (χ0v) is 11.1. The van der Waals surface area contributed by atoms with Crippen LogP contribution in [0.1, 0.15) is 0 Å². The molecule has 0 atom stereocenters. The zero-order chi connectivity index (χ0) is 11.8. The van der Waals surface area contributed by atoms with E-state index in [1.165, 1.54) is 0 Å². The minimum absolute atomic E-state index is 0.717. The number of aromatic nitrogens is 2. The highest BCUT2D eigenvalue weighted by molar-refractivity contribution is 9.10. The summed E-state index contributed by atoms with van der Waals surface area (Å²) in [5, 5.41) is 0.717. The molecule has 3 rings (SSSR count). The molecule has 17 heavy (non-hydrogen) atoms. The van der Waals surface area contributed by atoms with E-state index in [0.717, 1.165) is 21.4 Å². The van der Waals surface area contributed by atoms with Crippen molar-refractivity contribution in [2.24, 2.45) is 0 Å². The first-order valence-corrected chi connectivity index (χ1v) is 6.30. The second-order valence-electron chi connectivity index (χ2n) is 3.70. The lowest BCUT2D eigenvalue weighted by Crippen LogP contribution is -1.88. The van der Waals surface area contributed by atoms with Crippen LogP contribution in [0.3, 0.4) is 0 Å². The molecule has 0 saturated carbocycles. The quantitative estimate of drug-likeness (QED) is 0.650. The number of halogens is 2. The fourth-order valence-electron chi connectivity index (χ4n) is 1.83. The van der Waals surface area contributed by atoms with Crippen LogP contribution in [0.25, 0.3) is 16.9 Å². The van der Waals surface area contributed by atoms with Crippen molar-refractivity contribution in [3.05, 3.63) is 58.3 Å². The predicted molar refractivity (Wildman–Crippen MR) is 73.3 cm³/mol. The molecule has 0 bridgehead atoms. The molecule has 2 aromatic heterocycles. The molecule has 84 valence electrons. The molecule has 0 amide bonds. The monoisotopic (exact) mass is 306 g/mol. The lowest BCUT2D eigenvalue weighted by molar-refractivity contribution is 1.16. The summed E-state index contributed by atoms with van der Waals surface area (Å²) in [6, 6.07) is 11.7. The number of pyridine rings is 1. The Hall–Kier alpha value is -1.32. The summed E-state index contributed by atoms with van der Waals surface area (Å²) in [6.45, 7) is 0. The number of benzene rings is 1. The highest BCUT2D eigenvalue weighted by Crippen LogP contribution is 2.25. The van der Waals surface area contributed by atoms with Crippen LogP contribution in [0, 0.1) is 0 Å². The summed E-state index contributed by atoms with van der Waals surface area (Å²) in [6.07, 6.45) is 3.84. The van der Waals surface area contributed by atoms with Gasteiger partial charge in [-0.3, -0.25) is 4.40 Å². The van der Waals surface area contributed by atoms with Crippen LogP contribution >= 0.6 is 27.5 Å². The normalized spacial score (nSPS) is 10.9. The van der Waals surface area contributed by atoms with Gasteiger partial charge in [0.1, 0.15) is 5.82 Å². The molecule has 0 aliphatic rings. The molecule has 2 nitrogen and oxygen atoms in total. The van der Waals surface area contributed by atoms with Gasteiger partial charge in [-0.2, -0.15) is 0 Å². The van der Waals surface area contributed by atoms with E-state index >= 15 is 0 Å². The van der Waals surface area contributed by atoms with Gasteiger partial charge in [-0.1, -0.05) is 23.7 Å². The van der Waals surface area contributed by atoms with Crippen LogP contribution in [0.2, 0.25) is 5.02 Å². The molecule has 3 aromatic rings. The maximum Gasteiger partial charge on any atom is 0.144 e. The van der Waals surface area contributed by atoms with Gasteiger partial charge in [-0.25, -0.2) is 4.98 Å². The number of fused-ring (bicyclic) bond motifs is 1. The van der Waals surface area contributed by atoms with Gasteiger partial charge < -0.3 is 0 Å². The third-order valence-corrected chi connectivity index (χ3v) is 3.51. The summed E-state index contributed by atoms with van der Waals surface area (Å²) < 4.78 is 3.07. The van der Waals surface area contributed by atoms with Gasteiger partial charge >= 0.3 is 0 Å². The maximum atomic E-state index is 6.00. The van der Waals surface area contributed by atoms with Gasteiger partial charge in [0, 0.05) is 21.3 Å². The van der Waals surface area contributed by atoms with Gasteiger partial charge in [0.15, 0.2) is 0 Å². The van der Waals surface area contributed by atoms with E-state index in [4.69, 9.17) is 11.6 Å². The van der Waals surface area contributed by atoms with Crippen molar-refractivity contribution in [2.45, 2.75) is 0 Å². The molecule has 2 heterocycles. The smallest absolute Gasteiger partial charge is 0.144 e. The van der Waals surface area contributed by atoms with Crippen molar-refractivity contribution in [3.63, 3.8) is 0 Å². The van der Waals surface area contributed by atoms with E-state index in [9.17, 15) is 0 Å². The third-order valence-electron chi connectivity index (χ3n) is 2.60. The Morgan fingerprint density at radius 1 is 1.18 bits per heavy atom. The fourth-order valence-corrected chi connectivity index (χ4v) is 2.46. The molecule has 0 fully saturated rings. The average molecular weight is 308 g/mol. The molecule has 0 aliphatic carbocycles. The van der Waals surface area contributed by atoms with E-state index < -0.39 is 0 Å². The molecule has 1 aromatic carbocycles. The highest BCUT2D eigenvalue weighted by Gasteiger charge is 2.07. The molecule has 0 spiro atoms. The number of rotatable bonds is 1. The van der Waals surface area contributed by atoms with Crippen LogP contribution in [-0.2, 0) is 0 Å². The Labute approximate surface area is 112 Å². The summed E-state index contributed by atoms with van der Waals surface area (Å²) >= 11 is 9.51. The summed E-state index contributed by atoms with van der Waals surface area (Å²) in [5.74, 6) is 0.892. The average Bonchev–Trinajstić information content (AvgIpc) is 2.74. The molecule has 4 heteroatoms. The van der Waals surface area contributed by atoms with Crippen LogP contribution in [0.15, 0.2) is 53.3 Å². The Balaban J connectivity index is 2.28. The Kier molecular flexibility index (Phi) is 2.65. The largest absolute Gasteiger partial charge is 0.299 e. The van der Waals surface area contributed by atoms with Gasteiger partial charge in [0.25, 0.3) is 0 Å². The van der Waals surface area contributed by atoms with Crippen LogP contribution in [0.4, 0.5) is 0 Å². The van der Waals surface area contributed by atoms with Gasteiger partial charge in [0.2, 0.25) is 0 Å². The summed E-state index contributed by atoms with van der Waals surface area (Å²) in [4.78, 5) is 4.44. The summed E-state index contributed by atoms with van der Waals surface area (Å²) in [5.41, 5.74) is 2.05. The lowest BCUT2D eigenvalue weighted by atomic mass is 10.2. The van der Waals surface area contributed by atoms with E-state index in [2.05, 4.69) is 20.9 Å². The zero-order valence-electron chi connectivity index (χ0n) is 8.77. The first-order chi connectivity index (χ1) is 8.25.